The average Bonchev–Trinajstić information content (AvgIpc) is 3.09. The second kappa shape index (κ2) is 5.30. The zero-order valence-electron chi connectivity index (χ0n) is 10.8. The van der Waals surface area contributed by atoms with Crippen molar-refractivity contribution in [2.24, 2.45) is 5.92 Å². The van der Waals surface area contributed by atoms with Crippen molar-refractivity contribution in [3.05, 3.63) is 22.7 Å². The lowest BCUT2D eigenvalue weighted by atomic mass is 10.1. The van der Waals surface area contributed by atoms with Crippen LogP contribution in [0.1, 0.15) is 26.2 Å². The number of nitrogens with zero attached hydrogens (tertiary/aromatic N) is 1. The van der Waals surface area contributed by atoms with E-state index in [9.17, 15) is 0 Å². The Kier molecular flexibility index (Phi) is 3.97. The standard InChI is InChI=1S/C14H21BrN2/c1-4-12(10-5-6-10)16-13-9-11(15)7-8-14(13)17(2)3/h7-10,12,16H,4-6H2,1-3H3. The number of hydrogen-bond acceptors (Lipinski definition) is 2. The first-order valence-electron chi connectivity index (χ1n) is 6.35. The normalized spacial score (nSPS) is 16.7. The molecule has 0 saturated heterocycles. The summed E-state index contributed by atoms with van der Waals surface area (Å²) in [7, 11) is 4.18. The summed E-state index contributed by atoms with van der Waals surface area (Å²) >= 11 is 3.55. The number of anilines is 2. The second-order valence-electron chi connectivity index (χ2n) is 5.05. The smallest absolute Gasteiger partial charge is 0.0597 e. The second-order valence-corrected chi connectivity index (χ2v) is 5.97. The Bertz CT molecular complexity index is 386. The third kappa shape index (κ3) is 3.15. The molecule has 0 aromatic heterocycles. The van der Waals surface area contributed by atoms with Crippen molar-refractivity contribution in [1.29, 1.82) is 0 Å². The Hall–Kier alpha value is -0.700. The minimum Gasteiger partial charge on any atom is -0.380 e. The Morgan fingerprint density at radius 1 is 1.41 bits per heavy atom. The van der Waals surface area contributed by atoms with Crippen LogP contribution < -0.4 is 10.2 Å². The summed E-state index contributed by atoms with van der Waals surface area (Å²) in [6, 6.07) is 7.06. The molecule has 2 nitrogen and oxygen atoms in total. The largest absolute Gasteiger partial charge is 0.380 e. The first-order chi connectivity index (χ1) is 8.11. The predicted octanol–water partition coefficient (Wildman–Crippen LogP) is 4.12. The molecule has 1 aliphatic carbocycles. The summed E-state index contributed by atoms with van der Waals surface area (Å²) in [6.45, 7) is 2.27. The number of halogens is 1. The van der Waals surface area contributed by atoms with E-state index in [1.54, 1.807) is 0 Å². The van der Waals surface area contributed by atoms with E-state index in [2.05, 4.69) is 65.4 Å². The fourth-order valence-corrected chi connectivity index (χ4v) is 2.63. The van der Waals surface area contributed by atoms with Gasteiger partial charge in [0.1, 0.15) is 0 Å². The van der Waals surface area contributed by atoms with E-state index in [0.717, 1.165) is 10.4 Å². The van der Waals surface area contributed by atoms with Crippen molar-refractivity contribution in [1.82, 2.24) is 0 Å². The highest BCUT2D eigenvalue weighted by Gasteiger charge is 2.30. The van der Waals surface area contributed by atoms with Gasteiger partial charge in [0.05, 0.1) is 11.4 Å². The number of hydrogen-bond donors (Lipinski definition) is 1. The van der Waals surface area contributed by atoms with Crippen LogP contribution in [0.4, 0.5) is 11.4 Å². The maximum atomic E-state index is 3.71. The summed E-state index contributed by atoms with van der Waals surface area (Å²) in [5.41, 5.74) is 2.50. The third-order valence-electron chi connectivity index (χ3n) is 3.41. The summed E-state index contributed by atoms with van der Waals surface area (Å²) in [5, 5.41) is 3.71. The molecule has 1 atom stereocenters. The van der Waals surface area contributed by atoms with Crippen molar-refractivity contribution in [2.75, 3.05) is 24.3 Å². The lowest BCUT2D eigenvalue weighted by Crippen LogP contribution is -2.22. The molecule has 0 radical (unpaired) electrons. The highest BCUT2D eigenvalue weighted by molar-refractivity contribution is 9.10. The van der Waals surface area contributed by atoms with E-state index in [4.69, 9.17) is 0 Å². The minimum atomic E-state index is 0.628. The Balaban J connectivity index is 2.19. The topological polar surface area (TPSA) is 15.3 Å². The van der Waals surface area contributed by atoms with Gasteiger partial charge < -0.3 is 10.2 Å². The van der Waals surface area contributed by atoms with Crippen LogP contribution in [0, 0.1) is 5.92 Å². The maximum Gasteiger partial charge on any atom is 0.0597 e. The Morgan fingerprint density at radius 3 is 2.65 bits per heavy atom. The minimum absolute atomic E-state index is 0.628. The van der Waals surface area contributed by atoms with Crippen LogP contribution in [0.5, 0.6) is 0 Å². The maximum absolute atomic E-state index is 3.71. The van der Waals surface area contributed by atoms with E-state index in [1.807, 2.05) is 0 Å². The van der Waals surface area contributed by atoms with E-state index >= 15 is 0 Å². The summed E-state index contributed by atoms with van der Waals surface area (Å²) < 4.78 is 1.14. The quantitative estimate of drug-likeness (QED) is 0.879. The number of benzene rings is 1. The number of rotatable bonds is 5. The van der Waals surface area contributed by atoms with Crippen molar-refractivity contribution in [2.45, 2.75) is 32.2 Å². The lowest BCUT2D eigenvalue weighted by Gasteiger charge is -2.23. The van der Waals surface area contributed by atoms with Crippen LogP contribution >= 0.6 is 15.9 Å². The molecule has 1 aromatic carbocycles. The molecule has 1 saturated carbocycles. The van der Waals surface area contributed by atoms with Gasteiger partial charge in [0, 0.05) is 24.6 Å². The first kappa shape index (κ1) is 12.7. The molecule has 0 spiro atoms. The zero-order chi connectivity index (χ0) is 12.4. The van der Waals surface area contributed by atoms with Crippen molar-refractivity contribution in [3.63, 3.8) is 0 Å². The van der Waals surface area contributed by atoms with Crippen molar-refractivity contribution < 1.29 is 0 Å². The molecule has 0 heterocycles. The van der Waals surface area contributed by atoms with E-state index in [1.165, 1.54) is 30.6 Å². The van der Waals surface area contributed by atoms with Crippen LogP contribution in [0.25, 0.3) is 0 Å². The van der Waals surface area contributed by atoms with Crippen LogP contribution in [0.3, 0.4) is 0 Å². The third-order valence-corrected chi connectivity index (χ3v) is 3.91. The molecule has 2 rings (SSSR count). The molecule has 1 N–H and O–H groups in total. The summed E-state index contributed by atoms with van der Waals surface area (Å²) in [5.74, 6) is 0.883. The van der Waals surface area contributed by atoms with Gasteiger partial charge in [-0.1, -0.05) is 22.9 Å². The van der Waals surface area contributed by atoms with Gasteiger partial charge in [-0.05, 0) is 43.4 Å². The first-order valence-corrected chi connectivity index (χ1v) is 7.14. The molecule has 94 valence electrons. The van der Waals surface area contributed by atoms with Gasteiger partial charge in [-0.25, -0.2) is 0 Å². The average molecular weight is 297 g/mol. The molecule has 3 heteroatoms. The molecule has 1 aromatic rings. The molecular formula is C14H21BrN2. The van der Waals surface area contributed by atoms with E-state index in [-0.39, 0.29) is 0 Å². The Morgan fingerprint density at radius 2 is 2.12 bits per heavy atom. The molecular weight excluding hydrogens is 276 g/mol. The highest BCUT2D eigenvalue weighted by atomic mass is 79.9. The molecule has 1 fully saturated rings. The van der Waals surface area contributed by atoms with Crippen LogP contribution in [-0.4, -0.2) is 20.1 Å². The Labute approximate surface area is 113 Å². The van der Waals surface area contributed by atoms with Gasteiger partial charge in [0.15, 0.2) is 0 Å². The van der Waals surface area contributed by atoms with Gasteiger partial charge in [0.25, 0.3) is 0 Å². The van der Waals surface area contributed by atoms with Crippen LogP contribution in [-0.2, 0) is 0 Å². The zero-order valence-corrected chi connectivity index (χ0v) is 12.4. The number of nitrogens with one attached hydrogen (secondary N) is 1. The van der Waals surface area contributed by atoms with Gasteiger partial charge in [-0.3, -0.25) is 0 Å². The van der Waals surface area contributed by atoms with E-state index < -0.39 is 0 Å². The lowest BCUT2D eigenvalue weighted by molar-refractivity contribution is 0.616. The molecule has 0 bridgehead atoms. The van der Waals surface area contributed by atoms with Crippen LogP contribution in [0.2, 0.25) is 0 Å². The fourth-order valence-electron chi connectivity index (χ4n) is 2.27. The van der Waals surface area contributed by atoms with Gasteiger partial charge in [-0.15, -0.1) is 0 Å². The molecule has 17 heavy (non-hydrogen) atoms. The van der Waals surface area contributed by atoms with E-state index in [0.29, 0.717) is 6.04 Å². The summed E-state index contributed by atoms with van der Waals surface area (Å²) in [4.78, 5) is 2.16. The SMILES string of the molecule is CCC(Nc1cc(Br)ccc1N(C)C)C1CC1. The molecule has 0 amide bonds. The monoisotopic (exact) mass is 296 g/mol. The van der Waals surface area contributed by atoms with Gasteiger partial charge in [-0.2, -0.15) is 0 Å². The highest BCUT2D eigenvalue weighted by Crippen LogP contribution is 2.37. The van der Waals surface area contributed by atoms with Gasteiger partial charge >= 0.3 is 0 Å². The van der Waals surface area contributed by atoms with Gasteiger partial charge in [0.2, 0.25) is 0 Å². The predicted molar refractivity (Wildman–Crippen MR) is 78.9 cm³/mol. The molecule has 1 unspecified atom stereocenters. The summed E-state index contributed by atoms with van der Waals surface area (Å²) in [6.07, 6.45) is 3.97. The van der Waals surface area contributed by atoms with Crippen molar-refractivity contribution >= 4 is 27.3 Å². The van der Waals surface area contributed by atoms with Crippen molar-refractivity contribution in [3.8, 4) is 0 Å². The fraction of sp³-hybridized carbons (Fsp3) is 0.571. The molecule has 0 aliphatic heterocycles. The van der Waals surface area contributed by atoms with Crippen LogP contribution in [0.15, 0.2) is 22.7 Å². The molecule has 1 aliphatic rings.